The van der Waals surface area contributed by atoms with E-state index < -0.39 is 0 Å². The zero-order chi connectivity index (χ0) is 10.8. The van der Waals surface area contributed by atoms with Gasteiger partial charge in [0.25, 0.3) is 0 Å². The molecule has 2 aromatic rings. The number of aryl methyl sites for hydroxylation is 1. The first-order valence-electron chi connectivity index (χ1n) is 4.53. The van der Waals surface area contributed by atoms with Crippen LogP contribution in [0.2, 0.25) is 0 Å². The van der Waals surface area contributed by atoms with E-state index >= 15 is 0 Å². The maximum atomic E-state index is 12.0. The number of rotatable bonds is 2. The van der Waals surface area contributed by atoms with Crippen molar-refractivity contribution in [1.29, 1.82) is 0 Å². The van der Waals surface area contributed by atoms with Crippen molar-refractivity contribution >= 4 is 33.0 Å². The highest BCUT2D eigenvalue weighted by Crippen LogP contribution is 2.23. The molecule has 1 nitrogen and oxygen atoms in total. The number of benzene rings is 1. The molecule has 0 aliphatic carbocycles. The van der Waals surface area contributed by atoms with Gasteiger partial charge in [-0.2, -0.15) is 0 Å². The molecule has 0 atom stereocenters. The Morgan fingerprint density at radius 3 is 2.73 bits per heavy atom. The van der Waals surface area contributed by atoms with Gasteiger partial charge in [-0.3, -0.25) is 4.79 Å². The van der Waals surface area contributed by atoms with Crippen LogP contribution in [0.25, 0.3) is 0 Å². The Kier molecular flexibility index (Phi) is 3.03. The van der Waals surface area contributed by atoms with Crippen LogP contribution in [0, 0.1) is 6.92 Å². The number of halogens is 1. The Hall–Kier alpha value is -0.930. The van der Waals surface area contributed by atoms with Crippen LogP contribution >= 0.6 is 27.3 Å². The number of thiophene rings is 1. The van der Waals surface area contributed by atoms with Crippen LogP contribution in [0.3, 0.4) is 0 Å². The number of carbonyl (C=O) groups is 1. The van der Waals surface area contributed by atoms with Crippen molar-refractivity contribution in [3.63, 3.8) is 0 Å². The fourth-order valence-electron chi connectivity index (χ4n) is 1.34. The standard InChI is InChI=1S/C12H9BrOS/c1-8-4-5-9(10(13)7-8)12(14)11-3-2-6-15-11/h2-7H,1H3. The minimum Gasteiger partial charge on any atom is -0.288 e. The van der Waals surface area contributed by atoms with E-state index in [0.717, 1.165) is 20.5 Å². The summed E-state index contributed by atoms with van der Waals surface area (Å²) >= 11 is 4.89. The predicted molar refractivity (Wildman–Crippen MR) is 66.6 cm³/mol. The Labute approximate surface area is 101 Å². The lowest BCUT2D eigenvalue weighted by Gasteiger charge is -2.02. The molecule has 0 unspecified atom stereocenters. The smallest absolute Gasteiger partial charge is 0.204 e. The molecule has 0 saturated carbocycles. The molecule has 1 heterocycles. The zero-order valence-corrected chi connectivity index (χ0v) is 10.6. The molecule has 0 aliphatic rings. The largest absolute Gasteiger partial charge is 0.288 e. The van der Waals surface area contributed by atoms with Crippen LogP contribution < -0.4 is 0 Å². The predicted octanol–water partition coefficient (Wildman–Crippen LogP) is 4.05. The van der Waals surface area contributed by atoms with E-state index in [9.17, 15) is 4.79 Å². The quantitative estimate of drug-likeness (QED) is 0.759. The molecule has 15 heavy (non-hydrogen) atoms. The SMILES string of the molecule is Cc1ccc(C(=O)c2cccs2)c(Br)c1. The molecule has 1 aromatic heterocycles. The highest BCUT2D eigenvalue weighted by molar-refractivity contribution is 9.10. The van der Waals surface area contributed by atoms with E-state index in [1.807, 2.05) is 42.6 Å². The Morgan fingerprint density at radius 2 is 2.13 bits per heavy atom. The maximum Gasteiger partial charge on any atom is 0.204 e. The summed E-state index contributed by atoms with van der Waals surface area (Å²) in [6, 6.07) is 9.51. The molecule has 0 N–H and O–H groups in total. The molecule has 0 amide bonds. The third kappa shape index (κ3) is 2.19. The van der Waals surface area contributed by atoms with E-state index in [1.54, 1.807) is 0 Å². The van der Waals surface area contributed by atoms with Crippen molar-refractivity contribution in [3.8, 4) is 0 Å². The number of hydrogen-bond donors (Lipinski definition) is 0. The summed E-state index contributed by atoms with van der Waals surface area (Å²) < 4.78 is 0.862. The third-order valence-electron chi connectivity index (χ3n) is 2.11. The van der Waals surface area contributed by atoms with Crippen LogP contribution in [-0.4, -0.2) is 5.78 Å². The van der Waals surface area contributed by atoms with Crippen LogP contribution in [0.1, 0.15) is 20.8 Å². The van der Waals surface area contributed by atoms with E-state index in [-0.39, 0.29) is 5.78 Å². The fourth-order valence-corrected chi connectivity index (χ4v) is 2.70. The third-order valence-corrected chi connectivity index (χ3v) is 3.64. The van der Waals surface area contributed by atoms with Crippen LogP contribution in [0.4, 0.5) is 0 Å². The monoisotopic (exact) mass is 280 g/mol. The van der Waals surface area contributed by atoms with Gasteiger partial charge in [0.15, 0.2) is 0 Å². The van der Waals surface area contributed by atoms with Gasteiger partial charge in [-0.15, -0.1) is 11.3 Å². The number of carbonyl (C=O) groups excluding carboxylic acids is 1. The molecule has 2 rings (SSSR count). The average molecular weight is 281 g/mol. The molecule has 0 spiro atoms. The van der Waals surface area contributed by atoms with Gasteiger partial charge in [0.2, 0.25) is 5.78 Å². The lowest BCUT2D eigenvalue weighted by Crippen LogP contribution is -1.99. The highest BCUT2D eigenvalue weighted by Gasteiger charge is 2.12. The molecule has 0 radical (unpaired) electrons. The van der Waals surface area contributed by atoms with Crippen molar-refractivity contribution < 1.29 is 4.79 Å². The Balaban J connectivity index is 2.42. The first kappa shape index (κ1) is 10.6. The van der Waals surface area contributed by atoms with Gasteiger partial charge in [0.05, 0.1) is 4.88 Å². The average Bonchev–Trinajstić information content (AvgIpc) is 2.69. The first-order chi connectivity index (χ1) is 7.18. The number of ketones is 1. The lowest BCUT2D eigenvalue weighted by molar-refractivity contribution is 0.104. The van der Waals surface area contributed by atoms with E-state index in [2.05, 4.69) is 15.9 Å². The second kappa shape index (κ2) is 4.29. The van der Waals surface area contributed by atoms with E-state index in [0.29, 0.717) is 0 Å². The number of hydrogen-bond acceptors (Lipinski definition) is 2. The van der Waals surface area contributed by atoms with Crippen molar-refractivity contribution in [2.75, 3.05) is 0 Å². The Bertz CT molecular complexity index is 488. The van der Waals surface area contributed by atoms with Crippen LogP contribution in [0.15, 0.2) is 40.2 Å². The maximum absolute atomic E-state index is 12.0. The topological polar surface area (TPSA) is 17.1 Å². The Morgan fingerprint density at radius 1 is 1.33 bits per heavy atom. The fraction of sp³-hybridized carbons (Fsp3) is 0.0833. The van der Waals surface area contributed by atoms with Gasteiger partial charge < -0.3 is 0 Å². The van der Waals surface area contributed by atoms with Crippen LogP contribution in [-0.2, 0) is 0 Å². The molecule has 3 heteroatoms. The van der Waals surface area contributed by atoms with E-state index in [1.165, 1.54) is 11.3 Å². The normalized spacial score (nSPS) is 10.3. The molecule has 0 saturated heterocycles. The molecular weight excluding hydrogens is 272 g/mol. The molecule has 1 aromatic carbocycles. The molecule has 76 valence electrons. The second-order valence-electron chi connectivity index (χ2n) is 3.29. The minimum absolute atomic E-state index is 0.0804. The summed E-state index contributed by atoms with van der Waals surface area (Å²) in [5.41, 5.74) is 1.87. The summed E-state index contributed by atoms with van der Waals surface area (Å²) in [4.78, 5) is 12.8. The molecular formula is C12H9BrOS. The van der Waals surface area contributed by atoms with Gasteiger partial charge in [-0.25, -0.2) is 0 Å². The molecule has 0 fully saturated rings. The minimum atomic E-state index is 0.0804. The molecule has 0 bridgehead atoms. The van der Waals surface area contributed by atoms with Crippen LogP contribution in [0.5, 0.6) is 0 Å². The van der Waals surface area contributed by atoms with Crippen molar-refractivity contribution in [1.82, 2.24) is 0 Å². The van der Waals surface area contributed by atoms with Gasteiger partial charge in [0, 0.05) is 10.0 Å². The summed E-state index contributed by atoms with van der Waals surface area (Å²) in [5, 5.41) is 1.91. The summed E-state index contributed by atoms with van der Waals surface area (Å²) in [6.45, 7) is 2.00. The zero-order valence-electron chi connectivity index (χ0n) is 8.16. The summed E-state index contributed by atoms with van der Waals surface area (Å²) in [5.74, 6) is 0.0804. The highest BCUT2D eigenvalue weighted by atomic mass is 79.9. The summed E-state index contributed by atoms with van der Waals surface area (Å²) in [6.07, 6.45) is 0. The van der Waals surface area contributed by atoms with Gasteiger partial charge >= 0.3 is 0 Å². The van der Waals surface area contributed by atoms with Gasteiger partial charge in [-0.1, -0.05) is 28.1 Å². The summed E-state index contributed by atoms with van der Waals surface area (Å²) in [7, 11) is 0. The second-order valence-corrected chi connectivity index (χ2v) is 5.09. The van der Waals surface area contributed by atoms with Gasteiger partial charge in [0.1, 0.15) is 0 Å². The first-order valence-corrected chi connectivity index (χ1v) is 6.20. The van der Waals surface area contributed by atoms with Crippen molar-refractivity contribution in [3.05, 3.63) is 56.2 Å². The lowest BCUT2D eigenvalue weighted by atomic mass is 10.1. The van der Waals surface area contributed by atoms with Gasteiger partial charge in [-0.05, 0) is 36.1 Å². The van der Waals surface area contributed by atoms with E-state index in [4.69, 9.17) is 0 Å². The molecule has 0 aliphatic heterocycles. The van der Waals surface area contributed by atoms with Crippen molar-refractivity contribution in [2.24, 2.45) is 0 Å². The van der Waals surface area contributed by atoms with Crippen molar-refractivity contribution in [2.45, 2.75) is 6.92 Å².